The molecular formula is C18H24N2OS2. The number of hydrogen-bond acceptors (Lipinski definition) is 5. The molecule has 0 bridgehead atoms. The van der Waals surface area contributed by atoms with Gasteiger partial charge in [0.25, 0.3) is 0 Å². The molecule has 0 saturated heterocycles. The molecule has 124 valence electrons. The van der Waals surface area contributed by atoms with Gasteiger partial charge in [-0.05, 0) is 68.4 Å². The molecule has 5 heteroatoms. The molecule has 0 fully saturated rings. The van der Waals surface area contributed by atoms with Gasteiger partial charge in [-0.2, -0.15) is 11.8 Å². The van der Waals surface area contributed by atoms with Gasteiger partial charge in [0.2, 0.25) is 0 Å². The van der Waals surface area contributed by atoms with E-state index in [9.17, 15) is 0 Å². The summed E-state index contributed by atoms with van der Waals surface area (Å²) < 4.78 is 8.45. The Morgan fingerprint density at radius 3 is 2.22 bits per heavy atom. The Hall–Kier alpha value is -1.17. The molecule has 0 aliphatic heterocycles. The van der Waals surface area contributed by atoms with Gasteiger partial charge in [-0.3, -0.25) is 4.98 Å². The Labute approximate surface area is 148 Å². The molecule has 0 saturated carbocycles. The molecule has 0 unspecified atom stereocenters. The van der Waals surface area contributed by atoms with Crippen molar-refractivity contribution in [2.45, 2.75) is 30.4 Å². The van der Waals surface area contributed by atoms with Crippen molar-refractivity contribution in [2.75, 3.05) is 19.3 Å². The third-order valence-electron chi connectivity index (χ3n) is 3.41. The van der Waals surface area contributed by atoms with Crippen LogP contribution < -0.4 is 4.74 Å². The lowest BCUT2D eigenvalue weighted by Gasteiger charge is -2.29. The number of aromatic nitrogens is 1. The minimum Gasteiger partial charge on any atom is -0.457 e. The highest BCUT2D eigenvalue weighted by Gasteiger charge is 2.20. The Kier molecular flexibility index (Phi) is 6.81. The van der Waals surface area contributed by atoms with E-state index >= 15 is 0 Å². The fourth-order valence-electron chi connectivity index (χ4n) is 1.96. The SMILES string of the molecule is CCN(CC(C)(C)SC)Sc1ccc(Oc2ccncc2)cc1. The maximum absolute atomic E-state index is 5.80. The van der Waals surface area contributed by atoms with Crippen LogP contribution in [0.2, 0.25) is 0 Å². The first-order valence-electron chi connectivity index (χ1n) is 7.68. The molecule has 2 rings (SSSR count). The van der Waals surface area contributed by atoms with Crippen LogP contribution >= 0.6 is 23.7 Å². The first-order chi connectivity index (χ1) is 11.0. The molecule has 0 atom stereocenters. The maximum Gasteiger partial charge on any atom is 0.130 e. The van der Waals surface area contributed by atoms with Gasteiger partial charge in [0, 0.05) is 35.1 Å². The lowest BCUT2D eigenvalue weighted by atomic mass is 10.2. The van der Waals surface area contributed by atoms with Crippen molar-refractivity contribution in [1.82, 2.24) is 9.29 Å². The van der Waals surface area contributed by atoms with Gasteiger partial charge in [-0.25, -0.2) is 4.31 Å². The number of ether oxygens (including phenoxy) is 1. The first kappa shape index (κ1) is 18.2. The van der Waals surface area contributed by atoms with Crippen molar-refractivity contribution in [3.8, 4) is 11.5 Å². The zero-order valence-corrected chi connectivity index (χ0v) is 15.8. The average Bonchev–Trinajstić information content (AvgIpc) is 2.57. The number of benzene rings is 1. The predicted molar refractivity (Wildman–Crippen MR) is 101 cm³/mol. The van der Waals surface area contributed by atoms with Crippen LogP contribution in [0.25, 0.3) is 0 Å². The fraction of sp³-hybridized carbons (Fsp3) is 0.389. The van der Waals surface area contributed by atoms with Crippen LogP contribution in [0.4, 0.5) is 0 Å². The molecule has 1 aromatic heterocycles. The van der Waals surface area contributed by atoms with E-state index in [0.717, 1.165) is 24.6 Å². The largest absolute Gasteiger partial charge is 0.457 e. The highest BCUT2D eigenvalue weighted by Crippen LogP contribution is 2.30. The Balaban J connectivity index is 1.96. The molecular weight excluding hydrogens is 324 g/mol. The molecule has 0 aliphatic carbocycles. The van der Waals surface area contributed by atoms with Crippen LogP contribution in [0.15, 0.2) is 53.7 Å². The zero-order valence-electron chi connectivity index (χ0n) is 14.2. The van der Waals surface area contributed by atoms with Crippen molar-refractivity contribution < 1.29 is 4.74 Å². The van der Waals surface area contributed by atoms with Gasteiger partial charge in [0.1, 0.15) is 11.5 Å². The summed E-state index contributed by atoms with van der Waals surface area (Å²) >= 11 is 3.71. The van der Waals surface area contributed by atoms with E-state index in [2.05, 4.69) is 48.4 Å². The van der Waals surface area contributed by atoms with Crippen LogP contribution in [0.5, 0.6) is 11.5 Å². The summed E-state index contributed by atoms with van der Waals surface area (Å²) in [5.74, 6) is 1.64. The third-order valence-corrected chi connectivity index (χ3v) is 5.77. The summed E-state index contributed by atoms with van der Waals surface area (Å²) in [4.78, 5) is 5.22. The van der Waals surface area contributed by atoms with Gasteiger partial charge in [-0.1, -0.05) is 6.92 Å². The second-order valence-corrected chi connectivity index (χ2v) is 8.45. The Morgan fingerprint density at radius 1 is 1.04 bits per heavy atom. The van der Waals surface area contributed by atoms with Crippen molar-refractivity contribution in [3.63, 3.8) is 0 Å². The summed E-state index contributed by atoms with van der Waals surface area (Å²) in [5.41, 5.74) is 0. The molecule has 2 aromatic rings. The lowest BCUT2D eigenvalue weighted by molar-refractivity contribution is 0.447. The number of pyridine rings is 1. The highest BCUT2D eigenvalue weighted by molar-refractivity contribution is 8.00. The summed E-state index contributed by atoms with van der Waals surface area (Å²) in [6.45, 7) is 8.83. The van der Waals surface area contributed by atoms with Crippen LogP contribution in [-0.4, -0.2) is 33.4 Å². The van der Waals surface area contributed by atoms with Crippen LogP contribution in [0.1, 0.15) is 20.8 Å². The number of rotatable bonds is 8. The molecule has 23 heavy (non-hydrogen) atoms. The van der Waals surface area contributed by atoms with E-state index in [4.69, 9.17) is 4.74 Å². The maximum atomic E-state index is 5.80. The normalized spacial score (nSPS) is 11.7. The standard InChI is InChI=1S/C18H24N2OS2/c1-5-20(14-18(2,3)22-4)23-17-8-6-15(7-9-17)21-16-10-12-19-13-11-16/h6-13H,5,14H2,1-4H3. The number of nitrogens with zero attached hydrogens (tertiary/aromatic N) is 2. The molecule has 0 radical (unpaired) electrons. The fourth-order valence-corrected chi connectivity index (χ4v) is 3.40. The zero-order chi connectivity index (χ0) is 16.7. The topological polar surface area (TPSA) is 25.4 Å². The Morgan fingerprint density at radius 2 is 1.65 bits per heavy atom. The smallest absolute Gasteiger partial charge is 0.130 e. The van der Waals surface area contributed by atoms with Gasteiger partial charge in [-0.15, -0.1) is 0 Å². The monoisotopic (exact) mass is 348 g/mol. The van der Waals surface area contributed by atoms with E-state index in [1.807, 2.05) is 36.0 Å². The second-order valence-electron chi connectivity index (χ2n) is 5.77. The molecule has 0 aliphatic rings. The predicted octanol–water partition coefficient (Wildman–Crippen LogP) is 5.34. The van der Waals surface area contributed by atoms with E-state index in [-0.39, 0.29) is 4.75 Å². The Bertz CT molecular complexity index is 588. The second kappa shape index (κ2) is 8.62. The average molecular weight is 349 g/mol. The summed E-state index contributed by atoms with van der Waals surface area (Å²) in [5, 5.41) is 0. The molecule has 1 aromatic carbocycles. The van der Waals surface area contributed by atoms with Crippen LogP contribution in [0.3, 0.4) is 0 Å². The van der Waals surface area contributed by atoms with Crippen molar-refractivity contribution in [3.05, 3.63) is 48.8 Å². The van der Waals surface area contributed by atoms with E-state index in [0.29, 0.717) is 0 Å². The van der Waals surface area contributed by atoms with E-state index in [1.165, 1.54) is 4.90 Å². The van der Waals surface area contributed by atoms with Crippen LogP contribution in [0, 0.1) is 0 Å². The summed E-state index contributed by atoms with van der Waals surface area (Å²) in [7, 11) is 0. The number of hydrogen-bond donors (Lipinski definition) is 0. The summed E-state index contributed by atoms with van der Waals surface area (Å²) in [6, 6.07) is 11.9. The molecule has 3 nitrogen and oxygen atoms in total. The van der Waals surface area contributed by atoms with Gasteiger partial charge in [0.15, 0.2) is 0 Å². The quantitative estimate of drug-likeness (QED) is 0.599. The van der Waals surface area contributed by atoms with Crippen LogP contribution in [-0.2, 0) is 0 Å². The number of thioether (sulfide) groups is 1. The molecule has 0 amide bonds. The van der Waals surface area contributed by atoms with Crippen molar-refractivity contribution in [2.24, 2.45) is 0 Å². The first-order valence-corrected chi connectivity index (χ1v) is 9.68. The van der Waals surface area contributed by atoms with Gasteiger partial charge < -0.3 is 4.74 Å². The lowest BCUT2D eigenvalue weighted by Crippen LogP contribution is -2.32. The third kappa shape index (κ3) is 6.09. The van der Waals surface area contributed by atoms with Gasteiger partial charge in [0.05, 0.1) is 0 Å². The van der Waals surface area contributed by atoms with Gasteiger partial charge >= 0.3 is 0 Å². The molecule has 0 N–H and O–H groups in total. The summed E-state index contributed by atoms with van der Waals surface area (Å²) in [6.07, 6.45) is 5.63. The van der Waals surface area contributed by atoms with Crippen molar-refractivity contribution in [1.29, 1.82) is 0 Å². The van der Waals surface area contributed by atoms with Crippen molar-refractivity contribution >= 4 is 23.7 Å². The highest BCUT2D eigenvalue weighted by atomic mass is 32.2. The minimum atomic E-state index is 0.257. The van der Waals surface area contributed by atoms with E-state index < -0.39 is 0 Å². The minimum absolute atomic E-state index is 0.257. The van der Waals surface area contributed by atoms with E-state index in [1.54, 1.807) is 24.3 Å². The molecule has 0 spiro atoms. The molecule has 1 heterocycles.